The summed E-state index contributed by atoms with van der Waals surface area (Å²) in [7, 11) is 1.37. The van der Waals surface area contributed by atoms with Gasteiger partial charge in [0.05, 0.1) is 7.11 Å². The van der Waals surface area contributed by atoms with Crippen molar-refractivity contribution < 1.29 is 32.9 Å². The highest BCUT2D eigenvalue weighted by Gasteiger charge is 2.39. The highest BCUT2D eigenvalue weighted by atomic mass is 19.3. The molecule has 19 heavy (non-hydrogen) atoms. The fourth-order valence-electron chi connectivity index (χ4n) is 1.76. The van der Waals surface area contributed by atoms with Crippen LogP contribution in [0.1, 0.15) is 5.56 Å². The van der Waals surface area contributed by atoms with Crippen LogP contribution in [0.25, 0.3) is 0 Å². The fourth-order valence-corrected chi connectivity index (χ4v) is 1.76. The van der Waals surface area contributed by atoms with Crippen LogP contribution in [0.2, 0.25) is 0 Å². The number of carboxylic acids is 1. The minimum absolute atomic E-state index is 0.105. The van der Waals surface area contributed by atoms with Crippen molar-refractivity contribution in [3.8, 4) is 17.2 Å². The second-order valence-electron chi connectivity index (χ2n) is 4.01. The second kappa shape index (κ2) is 4.91. The van der Waals surface area contributed by atoms with Gasteiger partial charge in [-0.15, -0.1) is 0 Å². The number of rotatable bonds is 4. The van der Waals surface area contributed by atoms with Gasteiger partial charge in [-0.2, -0.15) is 8.78 Å². The average molecular weight is 274 g/mol. The highest BCUT2D eigenvalue weighted by Crippen LogP contribution is 2.41. The Bertz CT molecular complexity index is 484. The molecule has 0 atom stereocenters. The van der Waals surface area contributed by atoms with Crippen molar-refractivity contribution in [2.45, 2.75) is 12.3 Å². The number of benzene rings is 1. The fraction of sp³-hybridized carbons (Fsp3) is 0.417. The molecule has 1 aliphatic heterocycles. The lowest BCUT2D eigenvalue weighted by atomic mass is 10.1. The third-order valence-corrected chi connectivity index (χ3v) is 2.63. The van der Waals surface area contributed by atoms with Gasteiger partial charge in [-0.3, -0.25) is 0 Å². The molecule has 0 bridgehead atoms. The smallest absolute Gasteiger partial charge is 0.374 e. The molecule has 0 spiro atoms. The largest absolute Gasteiger partial charge is 0.493 e. The van der Waals surface area contributed by atoms with Crippen molar-refractivity contribution in [2.24, 2.45) is 0 Å². The molecule has 5 nitrogen and oxygen atoms in total. The summed E-state index contributed by atoms with van der Waals surface area (Å²) in [5.41, 5.74) is 0.105. The number of halogens is 2. The molecule has 1 aromatic carbocycles. The standard InChI is InChI=1S/C12H12F2O5/c1-17-8-4-7(6-12(13,14)11(15)16)5-9-10(8)19-3-2-18-9/h4-5H,2-3,6H2,1H3,(H,15,16). The topological polar surface area (TPSA) is 65.0 Å². The van der Waals surface area contributed by atoms with E-state index in [0.29, 0.717) is 19.0 Å². The quantitative estimate of drug-likeness (QED) is 0.905. The molecule has 1 N–H and O–H groups in total. The molecule has 1 aliphatic rings. The van der Waals surface area contributed by atoms with E-state index < -0.39 is 18.3 Å². The van der Waals surface area contributed by atoms with Gasteiger partial charge in [-0.1, -0.05) is 0 Å². The molecule has 1 heterocycles. The maximum Gasteiger partial charge on any atom is 0.374 e. The van der Waals surface area contributed by atoms with Gasteiger partial charge in [0.25, 0.3) is 0 Å². The molecule has 0 aliphatic carbocycles. The summed E-state index contributed by atoms with van der Waals surface area (Å²) in [4.78, 5) is 10.4. The second-order valence-corrected chi connectivity index (χ2v) is 4.01. The van der Waals surface area contributed by atoms with Crippen LogP contribution in [0.15, 0.2) is 12.1 Å². The number of ether oxygens (including phenoxy) is 3. The summed E-state index contributed by atoms with van der Waals surface area (Å²) >= 11 is 0. The van der Waals surface area contributed by atoms with Gasteiger partial charge >= 0.3 is 11.9 Å². The maximum atomic E-state index is 13.2. The van der Waals surface area contributed by atoms with E-state index in [9.17, 15) is 13.6 Å². The average Bonchev–Trinajstić information content (AvgIpc) is 2.37. The van der Waals surface area contributed by atoms with E-state index in [0.717, 1.165) is 0 Å². The Balaban J connectivity index is 2.35. The molecule has 2 rings (SSSR count). The Kier molecular flexibility index (Phi) is 3.46. The number of fused-ring (bicyclic) bond motifs is 1. The molecule has 1 aromatic rings. The summed E-state index contributed by atoms with van der Waals surface area (Å²) in [5.74, 6) is -5.14. The first-order chi connectivity index (χ1) is 8.94. The normalized spacial score (nSPS) is 14.1. The van der Waals surface area contributed by atoms with E-state index in [1.54, 1.807) is 0 Å². The predicted molar refractivity (Wildman–Crippen MR) is 60.3 cm³/mol. The van der Waals surface area contributed by atoms with Crippen LogP contribution >= 0.6 is 0 Å². The Labute approximate surface area is 107 Å². The van der Waals surface area contributed by atoms with Crippen molar-refractivity contribution >= 4 is 5.97 Å². The zero-order chi connectivity index (χ0) is 14.0. The Morgan fingerprint density at radius 1 is 1.42 bits per heavy atom. The molecule has 0 aromatic heterocycles. The summed E-state index contributed by atoms with van der Waals surface area (Å²) in [6.07, 6.45) is -0.935. The number of carboxylic acid groups (broad SMARTS) is 1. The zero-order valence-electron chi connectivity index (χ0n) is 10.1. The molecule has 0 radical (unpaired) electrons. The van der Waals surface area contributed by atoms with Gasteiger partial charge in [0.2, 0.25) is 5.75 Å². The van der Waals surface area contributed by atoms with Crippen LogP contribution in [0, 0.1) is 0 Å². The maximum absolute atomic E-state index is 13.2. The van der Waals surface area contributed by atoms with Crippen molar-refractivity contribution in [1.82, 2.24) is 0 Å². The highest BCUT2D eigenvalue weighted by molar-refractivity contribution is 5.75. The Morgan fingerprint density at radius 2 is 2.11 bits per heavy atom. The van der Waals surface area contributed by atoms with E-state index in [4.69, 9.17) is 19.3 Å². The van der Waals surface area contributed by atoms with E-state index >= 15 is 0 Å². The first-order valence-electron chi connectivity index (χ1n) is 5.52. The van der Waals surface area contributed by atoms with Crippen molar-refractivity contribution in [3.63, 3.8) is 0 Å². The molecule has 0 fully saturated rings. The van der Waals surface area contributed by atoms with Crippen molar-refractivity contribution in [1.29, 1.82) is 0 Å². The van der Waals surface area contributed by atoms with Crippen LogP contribution in [-0.4, -0.2) is 37.3 Å². The van der Waals surface area contributed by atoms with Gasteiger partial charge in [0.15, 0.2) is 11.5 Å². The lowest BCUT2D eigenvalue weighted by molar-refractivity contribution is -0.164. The third kappa shape index (κ3) is 2.69. The molecule has 0 saturated carbocycles. The van der Waals surface area contributed by atoms with Gasteiger partial charge < -0.3 is 19.3 Å². The summed E-state index contributed by atoms with van der Waals surface area (Å²) in [6.45, 7) is 0.642. The van der Waals surface area contributed by atoms with Gasteiger partial charge in [0.1, 0.15) is 13.2 Å². The van der Waals surface area contributed by atoms with E-state index in [-0.39, 0.29) is 17.1 Å². The van der Waals surface area contributed by atoms with E-state index in [1.807, 2.05) is 0 Å². The van der Waals surface area contributed by atoms with Gasteiger partial charge in [-0.25, -0.2) is 4.79 Å². The summed E-state index contributed by atoms with van der Waals surface area (Å²) in [5, 5.41) is 8.43. The first kappa shape index (κ1) is 13.4. The number of aliphatic carboxylic acids is 1. The van der Waals surface area contributed by atoms with Crippen LogP contribution in [-0.2, 0) is 11.2 Å². The van der Waals surface area contributed by atoms with Gasteiger partial charge in [-0.05, 0) is 17.7 Å². The monoisotopic (exact) mass is 274 g/mol. The van der Waals surface area contributed by atoms with Gasteiger partial charge in [0, 0.05) is 6.42 Å². The van der Waals surface area contributed by atoms with E-state index in [1.165, 1.54) is 19.2 Å². The first-order valence-corrected chi connectivity index (χ1v) is 5.52. The molecule has 0 amide bonds. The minimum Gasteiger partial charge on any atom is -0.493 e. The van der Waals surface area contributed by atoms with Crippen LogP contribution in [0.3, 0.4) is 0 Å². The van der Waals surface area contributed by atoms with E-state index in [2.05, 4.69) is 0 Å². The van der Waals surface area contributed by atoms with Crippen molar-refractivity contribution in [3.05, 3.63) is 17.7 Å². The number of hydrogen-bond acceptors (Lipinski definition) is 4. The third-order valence-electron chi connectivity index (χ3n) is 2.63. The van der Waals surface area contributed by atoms with Crippen molar-refractivity contribution in [2.75, 3.05) is 20.3 Å². The Morgan fingerprint density at radius 3 is 2.74 bits per heavy atom. The summed E-state index contributed by atoms with van der Waals surface area (Å²) < 4.78 is 42.0. The lowest BCUT2D eigenvalue weighted by Crippen LogP contribution is -2.30. The summed E-state index contributed by atoms with van der Waals surface area (Å²) in [6, 6.07) is 2.66. The minimum atomic E-state index is -3.84. The molecular weight excluding hydrogens is 262 g/mol. The number of methoxy groups -OCH3 is 1. The van der Waals surface area contributed by atoms with Crippen LogP contribution in [0.5, 0.6) is 17.2 Å². The molecular formula is C12H12F2O5. The molecule has 104 valence electrons. The number of alkyl halides is 2. The zero-order valence-corrected chi connectivity index (χ0v) is 10.1. The Hall–Kier alpha value is -2.05. The molecule has 0 unspecified atom stereocenters. The van der Waals surface area contributed by atoms with Crippen LogP contribution in [0.4, 0.5) is 8.78 Å². The number of hydrogen-bond donors (Lipinski definition) is 1. The molecule has 7 heteroatoms. The predicted octanol–water partition coefficient (Wildman–Crippen LogP) is 1.73. The van der Waals surface area contributed by atoms with Crippen LogP contribution < -0.4 is 14.2 Å². The lowest BCUT2D eigenvalue weighted by Gasteiger charge is -2.22. The number of carbonyl (C=O) groups is 1. The molecule has 0 saturated heterocycles. The SMILES string of the molecule is COc1cc(CC(F)(F)C(=O)O)cc2c1OCCO2.